The smallest absolute Gasteiger partial charge is 0.269 e. The van der Waals surface area contributed by atoms with Crippen LogP contribution in [0.2, 0.25) is 0 Å². The molecule has 5 nitrogen and oxygen atoms in total. The number of hydrazine groups is 1. The van der Waals surface area contributed by atoms with Gasteiger partial charge in [0.05, 0.1) is 11.1 Å². The zero-order valence-corrected chi connectivity index (χ0v) is 20.0. The Kier molecular flexibility index (Phi) is 7.70. The molecule has 2 amide bonds. The van der Waals surface area contributed by atoms with Gasteiger partial charge in [-0.3, -0.25) is 20.4 Å². The van der Waals surface area contributed by atoms with Crippen molar-refractivity contribution in [3.63, 3.8) is 0 Å². The molecule has 0 spiro atoms. The van der Waals surface area contributed by atoms with Gasteiger partial charge in [0.15, 0.2) is 0 Å². The first-order chi connectivity index (χ1) is 15.2. The number of nitrogens with one attached hydrogen (secondary N) is 2. The number of rotatable bonds is 6. The van der Waals surface area contributed by atoms with E-state index in [4.69, 9.17) is 4.74 Å². The zero-order valence-electron chi connectivity index (χ0n) is 18.4. The molecule has 0 aliphatic heterocycles. The molecule has 0 bridgehead atoms. The lowest BCUT2D eigenvalue weighted by molar-refractivity contribution is 0.0846. The number of halogens is 1. The molecule has 0 saturated carbocycles. The molecular formula is C26H27BrN2O3. The molecule has 3 aromatic carbocycles. The SMILES string of the molecule is CC(C)(C)c1ccc(C(=O)NNC(=O)c2ccc(OCCc3ccccc3)c(Br)c2)cc1. The monoisotopic (exact) mass is 494 g/mol. The van der Waals surface area contributed by atoms with Gasteiger partial charge in [-0.25, -0.2) is 0 Å². The number of hydrogen-bond donors (Lipinski definition) is 2. The molecule has 0 unspecified atom stereocenters. The van der Waals surface area contributed by atoms with Gasteiger partial charge in [0.1, 0.15) is 5.75 Å². The molecule has 0 aliphatic rings. The van der Waals surface area contributed by atoms with Gasteiger partial charge >= 0.3 is 0 Å². The van der Waals surface area contributed by atoms with Crippen molar-refractivity contribution in [3.05, 3.63) is 99.5 Å². The lowest BCUT2D eigenvalue weighted by Gasteiger charge is -2.19. The van der Waals surface area contributed by atoms with Crippen molar-refractivity contribution < 1.29 is 14.3 Å². The van der Waals surface area contributed by atoms with E-state index in [1.54, 1.807) is 30.3 Å². The number of benzene rings is 3. The van der Waals surface area contributed by atoms with Crippen LogP contribution in [0.4, 0.5) is 0 Å². The summed E-state index contributed by atoms with van der Waals surface area (Å²) >= 11 is 3.45. The van der Waals surface area contributed by atoms with E-state index in [1.807, 2.05) is 30.3 Å². The summed E-state index contributed by atoms with van der Waals surface area (Å²) in [5.74, 6) is -0.139. The maximum Gasteiger partial charge on any atom is 0.269 e. The van der Waals surface area contributed by atoms with Gasteiger partial charge in [-0.05, 0) is 62.8 Å². The third-order valence-corrected chi connectivity index (χ3v) is 5.61. The van der Waals surface area contributed by atoms with Crippen LogP contribution in [0, 0.1) is 0 Å². The molecule has 166 valence electrons. The summed E-state index contributed by atoms with van der Waals surface area (Å²) in [7, 11) is 0. The highest BCUT2D eigenvalue weighted by atomic mass is 79.9. The lowest BCUT2D eigenvalue weighted by atomic mass is 9.87. The largest absolute Gasteiger partial charge is 0.492 e. The Labute approximate surface area is 197 Å². The fourth-order valence-corrected chi connectivity index (χ4v) is 3.56. The van der Waals surface area contributed by atoms with Gasteiger partial charge < -0.3 is 4.74 Å². The summed E-state index contributed by atoms with van der Waals surface area (Å²) in [6, 6.07) is 22.5. The molecule has 32 heavy (non-hydrogen) atoms. The van der Waals surface area contributed by atoms with Crippen molar-refractivity contribution in [2.45, 2.75) is 32.6 Å². The molecule has 0 atom stereocenters. The Balaban J connectivity index is 1.52. The summed E-state index contributed by atoms with van der Waals surface area (Å²) in [6.07, 6.45) is 0.790. The van der Waals surface area contributed by atoms with Crippen molar-refractivity contribution >= 4 is 27.7 Å². The number of carbonyl (C=O) groups is 2. The quantitative estimate of drug-likeness (QED) is 0.448. The summed E-state index contributed by atoms with van der Waals surface area (Å²) < 4.78 is 6.49. The number of hydrogen-bond acceptors (Lipinski definition) is 3. The summed E-state index contributed by atoms with van der Waals surface area (Å²) in [5.41, 5.74) is 8.12. The van der Waals surface area contributed by atoms with Crippen LogP contribution in [0.5, 0.6) is 5.75 Å². The van der Waals surface area contributed by atoms with E-state index in [2.05, 4.69) is 59.7 Å². The molecule has 3 aromatic rings. The van der Waals surface area contributed by atoms with E-state index in [1.165, 1.54) is 5.56 Å². The van der Waals surface area contributed by atoms with Gasteiger partial charge in [0.25, 0.3) is 11.8 Å². The molecular weight excluding hydrogens is 468 g/mol. The topological polar surface area (TPSA) is 67.4 Å². The van der Waals surface area contributed by atoms with Crippen LogP contribution in [0.25, 0.3) is 0 Å². The second-order valence-corrected chi connectivity index (χ2v) is 9.32. The molecule has 0 saturated heterocycles. The minimum absolute atomic E-state index is 0.00797. The van der Waals surface area contributed by atoms with Crippen LogP contribution in [0.3, 0.4) is 0 Å². The van der Waals surface area contributed by atoms with Gasteiger partial charge in [-0.1, -0.05) is 63.2 Å². The van der Waals surface area contributed by atoms with Crippen LogP contribution < -0.4 is 15.6 Å². The van der Waals surface area contributed by atoms with Crippen LogP contribution in [0.1, 0.15) is 52.6 Å². The normalized spacial score (nSPS) is 11.0. The average molecular weight is 495 g/mol. The molecule has 3 rings (SSSR count). The van der Waals surface area contributed by atoms with Gasteiger partial charge in [0, 0.05) is 17.5 Å². The zero-order chi connectivity index (χ0) is 23.1. The van der Waals surface area contributed by atoms with Crippen LogP contribution in [0.15, 0.2) is 77.3 Å². The van der Waals surface area contributed by atoms with E-state index >= 15 is 0 Å². The van der Waals surface area contributed by atoms with Gasteiger partial charge in [-0.15, -0.1) is 0 Å². The van der Waals surface area contributed by atoms with Crippen molar-refractivity contribution in [1.29, 1.82) is 0 Å². The molecule has 0 aliphatic carbocycles. The second-order valence-electron chi connectivity index (χ2n) is 8.46. The highest BCUT2D eigenvalue weighted by molar-refractivity contribution is 9.10. The Bertz CT molecular complexity index is 1070. The molecule has 2 N–H and O–H groups in total. The molecule has 0 heterocycles. The van der Waals surface area contributed by atoms with E-state index in [-0.39, 0.29) is 11.3 Å². The Morgan fingerprint density at radius 2 is 1.44 bits per heavy atom. The fourth-order valence-electron chi connectivity index (χ4n) is 3.06. The third-order valence-electron chi connectivity index (χ3n) is 4.99. The summed E-state index contributed by atoms with van der Waals surface area (Å²) in [5, 5.41) is 0. The molecule has 0 aromatic heterocycles. The first-order valence-corrected chi connectivity index (χ1v) is 11.2. The molecule has 0 fully saturated rings. The minimum atomic E-state index is -0.416. The first kappa shape index (κ1) is 23.5. The fraction of sp³-hybridized carbons (Fsp3) is 0.231. The minimum Gasteiger partial charge on any atom is -0.492 e. The molecule has 6 heteroatoms. The highest BCUT2D eigenvalue weighted by Gasteiger charge is 2.15. The number of carbonyl (C=O) groups excluding carboxylic acids is 2. The van der Waals surface area contributed by atoms with Gasteiger partial charge in [-0.2, -0.15) is 0 Å². The van der Waals surface area contributed by atoms with Crippen molar-refractivity contribution in [3.8, 4) is 5.75 Å². The van der Waals surface area contributed by atoms with Crippen LogP contribution >= 0.6 is 15.9 Å². The van der Waals surface area contributed by atoms with Gasteiger partial charge in [0.2, 0.25) is 0 Å². The van der Waals surface area contributed by atoms with E-state index in [0.29, 0.717) is 28.0 Å². The predicted octanol–water partition coefficient (Wildman–Crippen LogP) is 5.44. The lowest BCUT2D eigenvalue weighted by Crippen LogP contribution is -2.41. The molecule has 0 radical (unpaired) electrons. The summed E-state index contributed by atoms with van der Waals surface area (Å²) in [4.78, 5) is 24.8. The predicted molar refractivity (Wildman–Crippen MR) is 130 cm³/mol. The van der Waals surface area contributed by atoms with Crippen molar-refractivity contribution in [2.75, 3.05) is 6.61 Å². The number of ether oxygens (including phenoxy) is 1. The standard InChI is InChI=1S/C26H27BrN2O3/c1-26(2,3)21-12-9-19(10-13-21)24(30)28-29-25(31)20-11-14-23(22(27)17-20)32-16-15-18-7-5-4-6-8-18/h4-14,17H,15-16H2,1-3H3,(H,28,30)(H,29,31). The van der Waals surface area contributed by atoms with Crippen molar-refractivity contribution in [1.82, 2.24) is 10.9 Å². The van der Waals surface area contributed by atoms with E-state index in [0.717, 1.165) is 12.0 Å². The number of amides is 2. The Hall–Kier alpha value is -3.12. The first-order valence-electron chi connectivity index (χ1n) is 10.4. The maximum atomic E-state index is 12.4. The Morgan fingerprint density at radius 1 is 0.844 bits per heavy atom. The van der Waals surface area contributed by atoms with Crippen LogP contribution in [-0.4, -0.2) is 18.4 Å². The maximum absolute atomic E-state index is 12.4. The third kappa shape index (κ3) is 6.44. The van der Waals surface area contributed by atoms with E-state index < -0.39 is 5.91 Å². The van der Waals surface area contributed by atoms with Crippen molar-refractivity contribution in [2.24, 2.45) is 0 Å². The van der Waals surface area contributed by atoms with E-state index in [9.17, 15) is 9.59 Å². The second kappa shape index (κ2) is 10.5. The van der Waals surface area contributed by atoms with Crippen LogP contribution in [-0.2, 0) is 11.8 Å². The average Bonchev–Trinajstić information content (AvgIpc) is 2.78. The Morgan fingerprint density at radius 3 is 2.03 bits per heavy atom. The summed E-state index contributed by atoms with van der Waals surface area (Å²) in [6.45, 7) is 6.86. The highest BCUT2D eigenvalue weighted by Crippen LogP contribution is 2.26.